The second kappa shape index (κ2) is 7.09. The highest BCUT2D eigenvalue weighted by Gasteiger charge is 2.28. The first-order chi connectivity index (χ1) is 14.2. The van der Waals surface area contributed by atoms with Crippen molar-refractivity contribution in [2.45, 2.75) is 32.4 Å². The van der Waals surface area contributed by atoms with Crippen LogP contribution in [0.3, 0.4) is 0 Å². The molecule has 7 nitrogen and oxygen atoms in total. The third-order valence-electron chi connectivity index (χ3n) is 5.07. The number of hydrogen-bond acceptors (Lipinski definition) is 6. The van der Waals surface area contributed by atoms with E-state index in [0.717, 1.165) is 35.0 Å². The van der Waals surface area contributed by atoms with Crippen molar-refractivity contribution in [3.8, 4) is 11.3 Å². The molecule has 5 rings (SSSR count). The fourth-order valence-corrected chi connectivity index (χ4v) is 3.33. The molecule has 29 heavy (non-hydrogen) atoms. The Bertz CT molecular complexity index is 1200. The maximum Gasteiger partial charge on any atom is 0.339 e. The van der Waals surface area contributed by atoms with Crippen LogP contribution in [0.15, 0.2) is 54.6 Å². The average Bonchev–Trinajstić information content (AvgIpc) is 3.49. The van der Waals surface area contributed by atoms with Gasteiger partial charge in [0.1, 0.15) is 0 Å². The number of pyridine rings is 1. The third kappa shape index (κ3) is 3.47. The van der Waals surface area contributed by atoms with Crippen LogP contribution in [0.4, 0.5) is 0 Å². The van der Waals surface area contributed by atoms with Crippen LogP contribution in [0.2, 0.25) is 0 Å². The van der Waals surface area contributed by atoms with Crippen LogP contribution < -0.4 is 0 Å². The van der Waals surface area contributed by atoms with Crippen LogP contribution in [0, 0.1) is 6.92 Å². The predicted molar refractivity (Wildman–Crippen MR) is 107 cm³/mol. The maximum absolute atomic E-state index is 13.0. The second-order valence-corrected chi connectivity index (χ2v) is 7.29. The van der Waals surface area contributed by atoms with Crippen LogP contribution in [0.5, 0.6) is 0 Å². The van der Waals surface area contributed by atoms with Gasteiger partial charge in [0.2, 0.25) is 0 Å². The van der Waals surface area contributed by atoms with Crippen molar-refractivity contribution >= 4 is 16.9 Å². The molecular formula is C22H19N5O2. The molecule has 144 valence electrons. The molecule has 2 aromatic carbocycles. The Morgan fingerprint density at radius 1 is 1.14 bits per heavy atom. The molecule has 0 saturated heterocycles. The van der Waals surface area contributed by atoms with Crippen LogP contribution in [-0.4, -0.2) is 31.2 Å². The molecule has 1 fully saturated rings. The van der Waals surface area contributed by atoms with Gasteiger partial charge in [-0.3, -0.25) is 0 Å². The van der Waals surface area contributed by atoms with E-state index in [9.17, 15) is 4.79 Å². The van der Waals surface area contributed by atoms with E-state index in [0.29, 0.717) is 17.4 Å². The van der Waals surface area contributed by atoms with Crippen molar-refractivity contribution < 1.29 is 9.53 Å². The zero-order chi connectivity index (χ0) is 19.8. The van der Waals surface area contributed by atoms with Crippen molar-refractivity contribution in [3.05, 3.63) is 71.5 Å². The number of aromatic nitrogens is 5. The summed E-state index contributed by atoms with van der Waals surface area (Å²) in [6.45, 7) is 2.08. The van der Waals surface area contributed by atoms with Gasteiger partial charge in [-0.1, -0.05) is 48.0 Å². The molecule has 1 saturated carbocycles. The second-order valence-electron chi connectivity index (χ2n) is 7.29. The number of rotatable bonds is 5. The first-order valence-corrected chi connectivity index (χ1v) is 9.60. The Labute approximate surface area is 167 Å². The minimum Gasteiger partial charge on any atom is -0.454 e. The van der Waals surface area contributed by atoms with Crippen LogP contribution in [0.1, 0.15) is 40.6 Å². The van der Waals surface area contributed by atoms with Gasteiger partial charge in [-0.2, -0.15) is 0 Å². The molecule has 1 aliphatic rings. The van der Waals surface area contributed by atoms with Gasteiger partial charge in [0, 0.05) is 10.9 Å². The Hall–Kier alpha value is -3.61. The Morgan fingerprint density at radius 2 is 1.93 bits per heavy atom. The number of para-hydroxylation sites is 1. The van der Waals surface area contributed by atoms with Crippen molar-refractivity contribution in [3.63, 3.8) is 0 Å². The largest absolute Gasteiger partial charge is 0.454 e. The van der Waals surface area contributed by atoms with E-state index in [1.54, 1.807) is 10.7 Å². The summed E-state index contributed by atoms with van der Waals surface area (Å²) in [5.41, 5.74) is 4.09. The molecule has 0 N–H and O–H groups in total. The van der Waals surface area contributed by atoms with E-state index in [4.69, 9.17) is 9.72 Å². The van der Waals surface area contributed by atoms with Crippen molar-refractivity contribution in [1.29, 1.82) is 0 Å². The fourth-order valence-electron chi connectivity index (χ4n) is 3.33. The number of fused-ring (bicyclic) bond motifs is 1. The van der Waals surface area contributed by atoms with E-state index >= 15 is 0 Å². The van der Waals surface area contributed by atoms with E-state index in [2.05, 4.69) is 15.5 Å². The standard InChI is InChI=1S/C22H19N5O2/c1-14-6-8-15(9-7-14)20-12-18(17-4-2-3-5-19(17)23-20)22(28)29-13-21-24-25-26-27(21)16-10-11-16/h2-9,12,16H,10-11,13H2,1H3. The van der Waals surface area contributed by atoms with Gasteiger partial charge >= 0.3 is 5.97 Å². The number of carbonyl (C=O) groups excluding carboxylic acids is 1. The molecule has 7 heteroatoms. The summed E-state index contributed by atoms with van der Waals surface area (Å²) in [7, 11) is 0. The molecule has 0 radical (unpaired) electrons. The minimum absolute atomic E-state index is 0.0405. The number of hydrogen-bond donors (Lipinski definition) is 0. The summed E-state index contributed by atoms with van der Waals surface area (Å²) in [5, 5.41) is 12.5. The summed E-state index contributed by atoms with van der Waals surface area (Å²) in [6, 6.07) is 17.8. The molecule has 1 aliphatic carbocycles. The lowest BCUT2D eigenvalue weighted by Gasteiger charge is -2.10. The highest BCUT2D eigenvalue weighted by atomic mass is 16.5. The summed E-state index contributed by atoms with van der Waals surface area (Å²) < 4.78 is 7.32. The first-order valence-electron chi connectivity index (χ1n) is 9.60. The zero-order valence-electron chi connectivity index (χ0n) is 15.9. The van der Waals surface area contributed by atoms with Crippen molar-refractivity contribution in [1.82, 2.24) is 25.2 Å². The van der Waals surface area contributed by atoms with Gasteiger partial charge in [0.15, 0.2) is 12.4 Å². The van der Waals surface area contributed by atoms with Crippen molar-refractivity contribution in [2.75, 3.05) is 0 Å². The Morgan fingerprint density at radius 3 is 2.72 bits per heavy atom. The monoisotopic (exact) mass is 385 g/mol. The lowest BCUT2D eigenvalue weighted by atomic mass is 10.0. The number of carbonyl (C=O) groups is 1. The summed E-state index contributed by atoms with van der Waals surface area (Å²) in [5.74, 6) is 0.153. The number of aryl methyl sites for hydroxylation is 1. The molecule has 0 atom stereocenters. The van der Waals surface area contributed by atoms with Gasteiger partial charge in [-0.05, 0) is 42.3 Å². The molecule has 0 bridgehead atoms. The number of esters is 1. The Balaban J connectivity index is 1.48. The quantitative estimate of drug-likeness (QED) is 0.485. The number of nitrogens with zero attached hydrogens (tertiary/aromatic N) is 5. The molecule has 2 heterocycles. The molecule has 4 aromatic rings. The first kappa shape index (κ1) is 17.5. The van der Waals surface area contributed by atoms with Gasteiger partial charge in [-0.25, -0.2) is 14.5 Å². The average molecular weight is 385 g/mol. The fraction of sp³-hybridized carbons (Fsp3) is 0.227. The number of tetrazole rings is 1. The minimum atomic E-state index is -0.415. The molecule has 0 spiro atoms. The molecule has 0 amide bonds. The highest BCUT2D eigenvalue weighted by Crippen LogP contribution is 2.34. The molecular weight excluding hydrogens is 366 g/mol. The smallest absolute Gasteiger partial charge is 0.339 e. The van der Waals surface area contributed by atoms with Crippen LogP contribution in [0.25, 0.3) is 22.2 Å². The van der Waals surface area contributed by atoms with Crippen LogP contribution in [-0.2, 0) is 11.3 Å². The van der Waals surface area contributed by atoms with Gasteiger partial charge in [0.25, 0.3) is 0 Å². The summed E-state index contributed by atoms with van der Waals surface area (Å²) in [6.07, 6.45) is 2.11. The van der Waals surface area contributed by atoms with E-state index in [1.807, 2.05) is 55.5 Å². The van der Waals surface area contributed by atoms with Crippen LogP contribution >= 0.6 is 0 Å². The van der Waals surface area contributed by atoms with Crippen molar-refractivity contribution in [2.24, 2.45) is 0 Å². The maximum atomic E-state index is 13.0. The third-order valence-corrected chi connectivity index (χ3v) is 5.07. The van der Waals surface area contributed by atoms with Gasteiger partial charge in [0.05, 0.1) is 22.8 Å². The highest BCUT2D eigenvalue weighted by molar-refractivity contribution is 6.04. The lowest BCUT2D eigenvalue weighted by Crippen LogP contribution is -2.11. The number of ether oxygens (including phenoxy) is 1. The molecule has 0 unspecified atom stereocenters. The summed E-state index contributed by atoms with van der Waals surface area (Å²) in [4.78, 5) is 17.7. The normalized spacial score (nSPS) is 13.6. The van der Waals surface area contributed by atoms with E-state index in [1.165, 1.54) is 5.56 Å². The summed E-state index contributed by atoms with van der Waals surface area (Å²) >= 11 is 0. The van der Waals surface area contributed by atoms with E-state index in [-0.39, 0.29) is 6.61 Å². The van der Waals surface area contributed by atoms with E-state index < -0.39 is 5.97 Å². The zero-order valence-corrected chi connectivity index (χ0v) is 15.9. The van der Waals surface area contributed by atoms with Gasteiger partial charge in [-0.15, -0.1) is 5.10 Å². The Kier molecular flexibility index (Phi) is 4.27. The lowest BCUT2D eigenvalue weighted by molar-refractivity contribution is 0.0458. The molecule has 0 aliphatic heterocycles. The SMILES string of the molecule is Cc1ccc(-c2cc(C(=O)OCc3nnnn3C3CC3)c3ccccc3n2)cc1. The topological polar surface area (TPSA) is 82.8 Å². The molecule has 2 aromatic heterocycles. The van der Waals surface area contributed by atoms with Gasteiger partial charge < -0.3 is 4.74 Å². The predicted octanol–water partition coefficient (Wildman–Crippen LogP) is 3.89. The number of benzene rings is 2.